The summed E-state index contributed by atoms with van der Waals surface area (Å²) < 4.78 is 1.61. The maximum atomic E-state index is 13.7. The number of aromatic nitrogens is 2. The number of carbonyl (C=O) groups excluding carboxylic acids is 2. The first kappa shape index (κ1) is 21.1. The molecule has 0 radical (unpaired) electrons. The molecule has 0 unspecified atom stereocenters. The normalized spacial score (nSPS) is 15.3. The monoisotopic (exact) mass is 488 g/mol. The third-order valence-electron chi connectivity index (χ3n) is 6.03. The number of rotatable bonds is 5. The second-order valence-electron chi connectivity index (χ2n) is 8.35. The van der Waals surface area contributed by atoms with Gasteiger partial charge in [0, 0.05) is 0 Å². The fraction of sp³-hybridized carbons (Fsp3) is 0.200. The molecule has 0 saturated heterocycles. The lowest BCUT2D eigenvalue weighted by Crippen LogP contribution is -2.43. The fourth-order valence-electron chi connectivity index (χ4n) is 4.25. The van der Waals surface area contributed by atoms with Gasteiger partial charge < -0.3 is 10.2 Å². The molecule has 1 saturated carbocycles. The van der Waals surface area contributed by atoms with Crippen LogP contribution in [0.15, 0.2) is 69.9 Å². The largest absolute Gasteiger partial charge is 0.323 e. The summed E-state index contributed by atoms with van der Waals surface area (Å²) in [6.07, 6.45) is 2.21. The van der Waals surface area contributed by atoms with E-state index >= 15 is 0 Å². The van der Waals surface area contributed by atoms with Gasteiger partial charge in [-0.25, -0.2) is 4.98 Å². The third kappa shape index (κ3) is 3.70. The van der Waals surface area contributed by atoms with E-state index in [9.17, 15) is 14.4 Å². The summed E-state index contributed by atoms with van der Waals surface area (Å²) in [5.74, 6) is 0.0423. The molecule has 7 nitrogen and oxygen atoms in total. The van der Waals surface area contributed by atoms with Gasteiger partial charge in [0.15, 0.2) is 5.16 Å². The predicted octanol–water partition coefficient (Wildman–Crippen LogP) is 4.40. The summed E-state index contributed by atoms with van der Waals surface area (Å²) in [7, 11) is 0. The molecule has 2 aromatic carbocycles. The van der Waals surface area contributed by atoms with Gasteiger partial charge in [0.05, 0.1) is 28.2 Å². The molecule has 0 spiro atoms. The first-order valence-corrected chi connectivity index (χ1v) is 12.9. The smallest absolute Gasteiger partial charge is 0.267 e. The molecule has 34 heavy (non-hydrogen) atoms. The van der Waals surface area contributed by atoms with Gasteiger partial charge >= 0.3 is 0 Å². The first-order valence-electron chi connectivity index (χ1n) is 11.0. The summed E-state index contributed by atoms with van der Waals surface area (Å²) >= 11 is 2.70. The van der Waals surface area contributed by atoms with Crippen molar-refractivity contribution in [3.05, 3.63) is 75.9 Å². The minimum absolute atomic E-state index is 0.0377. The van der Waals surface area contributed by atoms with E-state index in [0.29, 0.717) is 38.4 Å². The van der Waals surface area contributed by atoms with Crippen LogP contribution in [-0.2, 0) is 9.59 Å². The number of fused-ring (bicyclic) bond motifs is 2. The lowest BCUT2D eigenvalue weighted by molar-refractivity contribution is -0.120. The Morgan fingerprint density at radius 3 is 2.65 bits per heavy atom. The minimum Gasteiger partial charge on any atom is -0.323 e. The van der Waals surface area contributed by atoms with Gasteiger partial charge in [0.25, 0.3) is 5.56 Å². The number of amides is 2. The minimum atomic E-state index is -0.232. The van der Waals surface area contributed by atoms with E-state index in [-0.39, 0.29) is 29.7 Å². The lowest BCUT2D eigenvalue weighted by atomic mass is 10.1. The van der Waals surface area contributed by atoms with Crippen molar-refractivity contribution in [2.24, 2.45) is 0 Å². The zero-order valence-electron chi connectivity index (χ0n) is 18.1. The van der Waals surface area contributed by atoms with Crippen LogP contribution in [-0.4, -0.2) is 33.7 Å². The molecule has 1 aliphatic carbocycles. The number of carbonyl (C=O) groups is 2. The van der Waals surface area contributed by atoms with E-state index in [0.717, 1.165) is 18.4 Å². The molecule has 2 aliphatic rings. The van der Waals surface area contributed by atoms with Gasteiger partial charge in [0.1, 0.15) is 11.4 Å². The van der Waals surface area contributed by atoms with Crippen LogP contribution in [0.3, 0.4) is 0 Å². The maximum Gasteiger partial charge on any atom is 0.267 e. The number of para-hydroxylation sites is 3. The number of nitrogens with one attached hydrogen (secondary N) is 1. The van der Waals surface area contributed by atoms with Crippen molar-refractivity contribution < 1.29 is 9.59 Å². The molecule has 6 rings (SSSR count). The zero-order chi connectivity index (χ0) is 23.2. The summed E-state index contributed by atoms with van der Waals surface area (Å²) in [6.45, 7) is -0.0377. The van der Waals surface area contributed by atoms with Crippen LogP contribution in [0.1, 0.15) is 24.3 Å². The molecule has 3 heterocycles. The van der Waals surface area contributed by atoms with E-state index in [1.165, 1.54) is 28.0 Å². The Morgan fingerprint density at radius 1 is 1.09 bits per heavy atom. The van der Waals surface area contributed by atoms with Gasteiger partial charge in [-0.15, -0.1) is 11.3 Å². The number of nitrogens with zero attached hydrogens (tertiary/aromatic N) is 3. The second-order valence-corrected chi connectivity index (χ2v) is 10.2. The van der Waals surface area contributed by atoms with E-state index in [1.807, 2.05) is 48.5 Å². The van der Waals surface area contributed by atoms with E-state index in [1.54, 1.807) is 10.6 Å². The van der Waals surface area contributed by atoms with Crippen molar-refractivity contribution >= 4 is 56.5 Å². The maximum absolute atomic E-state index is 13.7. The molecule has 1 N–H and O–H groups in total. The van der Waals surface area contributed by atoms with E-state index in [2.05, 4.69) is 10.7 Å². The van der Waals surface area contributed by atoms with Gasteiger partial charge in [-0.2, -0.15) is 0 Å². The molecule has 170 valence electrons. The van der Waals surface area contributed by atoms with Crippen LogP contribution in [0.4, 0.5) is 11.4 Å². The van der Waals surface area contributed by atoms with Gasteiger partial charge in [-0.05, 0) is 54.0 Å². The Hall–Kier alpha value is -3.43. The molecular formula is C25H20N4O3S2. The van der Waals surface area contributed by atoms with E-state index < -0.39 is 0 Å². The van der Waals surface area contributed by atoms with Crippen LogP contribution < -0.4 is 15.8 Å². The SMILES string of the molecule is O=C1CN(C(=O)CSc2nc3scc(C4CC4)c3c(=O)n2-c2ccccc2)c2ccccc2N1. The standard InChI is InChI=1S/C25H20N4O3S2/c30-20-12-28(19-9-5-4-8-18(19)26-20)21(31)14-34-25-27-23-22(17(13-33-23)15-10-11-15)24(32)29(25)16-6-2-1-3-7-16/h1-9,13,15H,10-12,14H2,(H,26,30). The number of thiophene rings is 1. The first-order chi connectivity index (χ1) is 16.6. The Labute approximate surface area is 203 Å². The molecule has 2 amide bonds. The van der Waals surface area contributed by atoms with Crippen LogP contribution in [0.25, 0.3) is 15.9 Å². The number of hydrogen-bond donors (Lipinski definition) is 1. The van der Waals surface area contributed by atoms with Crippen molar-refractivity contribution in [1.29, 1.82) is 0 Å². The molecule has 9 heteroatoms. The Balaban J connectivity index is 1.37. The van der Waals surface area contributed by atoms with Crippen LogP contribution in [0, 0.1) is 0 Å². The third-order valence-corrected chi connectivity index (χ3v) is 7.85. The lowest BCUT2D eigenvalue weighted by Gasteiger charge is -2.29. The Bertz CT molecular complexity index is 1490. The highest BCUT2D eigenvalue weighted by molar-refractivity contribution is 7.99. The summed E-state index contributed by atoms with van der Waals surface area (Å²) in [4.78, 5) is 46.0. The molecule has 4 aromatic rings. The molecule has 2 aromatic heterocycles. The van der Waals surface area contributed by atoms with E-state index in [4.69, 9.17) is 4.98 Å². The highest BCUT2D eigenvalue weighted by Gasteiger charge is 2.30. The average Bonchev–Trinajstić information content (AvgIpc) is 3.61. The van der Waals surface area contributed by atoms with Gasteiger partial charge in [-0.1, -0.05) is 42.1 Å². The molecule has 1 fully saturated rings. The number of thioether (sulfide) groups is 1. The van der Waals surface area contributed by atoms with Crippen molar-refractivity contribution in [1.82, 2.24) is 9.55 Å². The van der Waals surface area contributed by atoms with Crippen LogP contribution in [0.2, 0.25) is 0 Å². The Kier molecular flexibility index (Phi) is 5.23. The molecular weight excluding hydrogens is 468 g/mol. The van der Waals surface area contributed by atoms with Crippen molar-refractivity contribution in [3.8, 4) is 5.69 Å². The van der Waals surface area contributed by atoms with Crippen molar-refractivity contribution in [2.45, 2.75) is 23.9 Å². The number of hydrogen-bond acceptors (Lipinski definition) is 6. The summed E-state index contributed by atoms with van der Waals surface area (Å²) in [5, 5.41) is 6.00. The van der Waals surface area contributed by atoms with Crippen molar-refractivity contribution in [3.63, 3.8) is 0 Å². The van der Waals surface area contributed by atoms with Gasteiger partial charge in [-0.3, -0.25) is 19.0 Å². The summed E-state index contributed by atoms with van der Waals surface area (Å²) in [6, 6.07) is 16.6. The van der Waals surface area contributed by atoms with Crippen LogP contribution >= 0.6 is 23.1 Å². The average molecular weight is 489 g/mol. The number of anilines is 2. The van der Waals surface area contributed by atoms with Crippen LogP contribution in [0.5, 0.6) is 0 Å². The topological polar surface area (TPSA) is 84.3 Å². The zero-order valence-corrected chi connectivity index (χ0v) is 19.7. The predicted molar refractivity (Wildman–Crippen MR) is 135 cm³/mol. The Morgan fingerprint density at radius 2 is 1.85 bits per heavy atom. The van der Waals surface area contributed by atoms with Crippen molar-refractivity contribution in [2.75, 3.05) is 22.5 Å². The molecule has 0 atom stereocenters. The highest BCUT2D eigenvalue weighted by atomic mass is 32.2. The van der Waals surface area contributed by atoms with Gasteiger partial charge in [0.2, 0.25) is 11.8 Å². The fourth-order valence-corrected chi connectivity index (χ4v) is 6.20. The quantitative estimate of drug-likeness (QED) is 0.333. The molecule has 1 aliphatic heterocycles. The highest BCUT2D eigenvalue weighted by Crippen LogP contribution is 2.44. The number of benzene rings is 2. The molecule has 0 bridgehead atoms. The second kappa shape index (κ2) is 8.41. The summed E-state index contributed by atoms with van der Waals surface area (Å²) in [5.41, 5.74) is 2.99.